The Kier molecular flexibility index (Phi) is 21.7. The van der Waals surface area contributed by atoms with Gasteiger partial charge in [-0.05, 0) is 25.1 Å². The summed E-state index contributed by atoms with van der Waals surface area (Å²) in [7, 11) is 0. The van der Waals surface area contributed by atoms with Crippen molar-refractivity contribution in [2.45, 2.75) is 98.8 Å². The monoisotopic (exact) mass is 1220 g/mol. The summed E-state index contributed by atoms with van der Waals surface area (Å²) < 4.78 is 129. The molecule has 0 radical (unpaired) electrons. The van der Waals surface area contributed by atoms with Crippen LogP contribution in [0.4, 0.5) is 26.3 Å². The van der Waals surface area contributed by atoms with E-state index in [9.17, 15) is 89.9 Å². The molecule has 83 heavy (non-hydrogen) atoms. The van der Waals surface area contributed by atoms with Crippen LogP contribution < -0.4 is 15.4 Å². The Bertz CT molecular complexity index is 2720. The van der Waals surface area contributed by atoms with E-state index in [1.165, 1.54) is 35.9 Å². The van der Waals surface area contributed by atoms with Crippen molar-refractivity contribution in [2.75, 3.05) is 97.9 Å². The van der Waals surface area contributed by atoms with Gasteiger partial charge in [0, 0.05) is 49.7 Å². The molecule has 4 unspecified atom stereocenters. The van der Waals surface area contributed by atoms with Gasteiger partial charge in [0.1, 0.15) is 99.8 Å². The number of likely N-dealkylation sites (tertiary alicyclic amines) is 1. The molecular weight excluding hydrogens is 1160 g/mol. The summed E-state index contributed by atoms with van der Waals surface area (Å²) in [6, 6.07) is 1.01. The zero-order valence-electron chi connectivity index (χ0n) is 43.8. The van der Waals surface area contributed by atoms with E-state index in [1.54, 1.807) is 0 Å². The standard InChI is InChI=1S/C48H58F6N6O22S/c1-23(61)22-83-30-15-33(64)58(41(30)70)4-7-76-24-2-3-27-25(14-24)26(42(71)78-13-11-75-21-32(63)56-17-29-38(67)40(69)36-44(82-29)80-9-6-60(36)46(73)48(52,53)54)18-57(27)19-34(65)77-12-10-74-20-31(62)55-16-28-37(66)39(68)35-43(81-28)79-8-5-59(35)45(72)47(49,50)51/h2-3,14,18,28-30,35-40,43-44,66-69H,4-13,15-17,19-22H2,1H3,(H,55,62)(H,56,63)/t28?,29-,30?,35-,36-,37+,38+,39-,40-,43?,44?/m1/s1. The van der Waals surface area contributed by atoms with Gasteiger partial charge in [-0.25, -0.2) is 4.79 Å². The average Bonchev–Trinajstić information content (AvgIpc) is 3.80. The molecule has 5 saturated heterocycles. The summed E-state index contributed by atoms with van der Waals surface area (Å²) in [5.74, 6) is -8.76. The lowest BCUT2D eigenvalue weighted by molar-refractivity contribution is -0.300. The van der Waals surface area contributed by atoms with Crippen LogP contribution in [-0.2, 0) is 82.8 Å². The van der Waals surface area contributed by atoms with Crippen molar-refractivity contribution in [2.24, 2.45) is 0 Å². The minimum atomic E-state index is -5.27. The van der Waals surface area contributed by atoms with E-state index in [-0.39, 0.29) is 86.4 Å². The third-order valence-corrected chi connectivity index (χ3v) is 14.7. The summed E-state index contributed by atoms with van der Waals surface area (Å²) >= 11 is 1.06. The molecule has 7 rings (SSSR count). The number of imide groups is 1. The number of amides is 6. The Morgan fingerprint density at radius 2 is 1.25 bits per heavy atom. The van der Waals surface area contributed by atoms with Gasteiger partial charge in [0.05, 0.1) is 49.5 Å². The molecule has 28 nitrogen and oxygen atoms in total. The minimum absolute atomic E-state index is 0.0519. The second-order valence-corrected chi connectivity index (χ2v) is 20.3. The summed E-state index contributed by atoms with van der Waals surface area (Å²) in [6.07, 6.45) is -22.8. The van der Waals surface area contributed by atoms with Gasteiger partial charge >= 0.3 is 36.1 Å². The van der Waals surface area contributed by atoms with Crippen LogP contribution >= 0.6 is 11.8 Å². The molecule has 11 atom stereocenters. The number of aromatic nitrogens is 1. The average molecular weight is 1220 g/mol. The number of thioether (sulfide) groups is 1. The van der Waals surface area contributed by atoms with Gasteiger partial charge in [-0.2, -0.15) is 26.3 Å². The maximum absolute atomic E-state index is 13.6. The number of benzene rings is 1. The number of fused-ring (bicyclic) bond motifs is 3. The summed E-state index contributed by atoms with van der Waals surface area (Å²) in [5.41, 5.74) is 0.182. The number of carbonyl (C=O) groups is 9. The number of rotatable bonds is 24. The van der Waals surface area contributed by atoms with Gasteiger partial charge in [0.15, 0.2) is 12.6 Å². The second-order valence-electron chi connectivity index (χ2n) is 19.1. The largest absolute Gasteiger partial charge is 0.492 e. The molecule has 6 N–H and O–H groups in total. The van der Waals surface area contributed by atoms with Crippen LogP contribution in [0.2, 0.25) is 0 Å². The molecule has 1 aromatic heterocycles. The van der Waals surface area contributed by atoms with Crippen LogP contribution in [0, 0.1) is 0 Å². The Balaban J connectivity index is 0.881. The highest BCUT2D eigenvalue weighted by Gasteiger charge is 2.56. The second kappa shape index (κ2) is 28.1. The number of aliphatic hydroxyl groups excluding tert-OH is 4. The fourth-order valence-electron chi connectivity index (χ4n) is 9.42. The number of hydrogen-bond acceptors (Lipinski definition) is 23. The first-order valence-electron chi connectivity index (χ1n) is 25.5. The lowest BCUT2D eigenvalue weighted by Gasteiger charge is -2.49. The van der Waals surface area contributed by atoms with Crippen LogP contribution in [0.1, 0.15) is 23.7 Å². The maximum Gasteiger partial charge on any atom is 0.471 e. The van der Waals surface area contributed by atoms with Gasteiger partial charge in [0.25, 0.3) is 0 Å². The summed E-state index contributed by atoms with van der Waals surface area (Å²) in [4.78, 5) is 114. The van der Waals surface area contributed by atoms with Crippen molar-refractivity contribution < 1.29 is 133 Å². The van der Waals surface area contributed by atoms with Gasteiger partial charge in [-0.15, -0.1) is 11.8 Å². The van der Waals surface area contributed by atoms with E-state index in [2.05, 4.69) is 10.6 Å². The molecule has 5 aliphatic rings. The van der Waals surface area contributed by atoms with Gasteiger partial charge in [0.2, 0.25) is 23.6 Å². The Labute approximate surface area is 469 Å². The number of nitrogens with one attached hydrogen (secondary N) is 2. The lowest BCUT2D eigenvalue weighted by atomic mass is 9.94. The van der Waals surface area contributed by atoms with Crippen LogP contribution in [0.25, 0.3) is 10.9 Å². The quantitative estimate of drug-likeness (QED) is 0.0263. The van der Waals surface area contributed by atoms with Crippen LogP contribution in [0.15, 0.2) is 24.4 Å². The Morgan fingerprint density at radius 1 is 0.723 bits per heavy atom. The zero-order valence-corrected chi connectivity index (χ0v) is 44.6. The molecule has 0 aliphatic carbocycles. The molecule has 5 aliphatic heterocycles. The van der Waals surface area contributed by atoms with E-state index >= 15 is 0 Å². The van der Waals surface area contributed by atoms with Crippen LogP contribution in [0.3, 0.4) is 0 Å². The van der Waals surface area contributed by atoms with E-state index in [4.69, 9.17) is 42.6 Å². The first kappa shape index (κ1) is 64.3. The number of aliphatic hydroxyl groups is 4. The van der Waals surface area contributed by atoms with E-state index in [1.807, 2.05) is 0 Å². The number of ketones is 1. The van der Waals surface area contributed by atoms with Gasteiger partial charge in [-0.3, -0.25) is 43.3 Å². The van der Waals surface area contributed by atoms with Crippen molar-refractivity contribution in [3.05, 3.63) is 30.0 Å². The Morgan fingerprint density at radius 3 is 1.77 bits per heavy atom. The molecule has 0 bridgehead atoms. The number of halogens is 6. The number of alkyl halides is 6. The highest BCUT2D eigenvalue weighted by Crippen LogP contribution is 2.34. The smallest absolute Gasteiger partial charge is 0.471 e. The van der Waals surface area contributed by atoms with Crippen molar-refractivity contribution in [3.63, 3.8) is 0 Å². The normalized spacial score (nSPS) is 26.5. The number of esters is 2. The van der Waals surface area contributed by atoms with E-state index < -0.39 is 179 Å². The number of morpholine rings is 2. The predicted octanol–water partition coefficient (Wildman–Crippen LogP) is -3.09. The molecule has 1 aromatic carbocycles. The number of carbonyl (C=O) groups excluding carboxylic acids is 9. The fourth-order valence-corrected chi connectivity index (χ4v) is 10.4. The summed E-state index contributed by atoms with van der Waals surface area (Å²) in [6.45, 7) is -4.95. The molecule has 460 valence electrons. The topological polar surface area (TPSA) is 356 Å². The number of Topliss-reactive ketones (excluding diaryl/α,β-unsaturated/α-hetero) is 1. The van der Waals surface area contributed by atoms with Gasteiger partial charge in [-0.1, -0.05) is 0 Å². The lowest BCUT2D eigenvalue weighted by Crippen LogP contribution is -2.70. The molecular formula is C48H58F6N6O22S. The summed E-state index contributed by atoms with van der Waals surface area (Å²) in [5, 5.41) is 46.7. The van der Waals surface area contributed by atoms with E-state index in [0.29, 0.717) is 9.80 Å². The maximum atomic E-state index is 13.6. The SMILES string of the molecule is CC(=O)CSC1CC(=O)N(CCOc2ccc3c(c2)c(C(=O)OCCOCC(=O)NC[C@H]2OC4OCCN(C(=O)C(F)(F)F)[C@@H]4[C@@H](O)[C@H]2O)cn3CC(=O)OCCOCC(=O)NCC2OC3OCCN(C(=O)C(F)(F)F)[C@@H]3[C@@H](O)[C@H]2O)C1=O. The highest BCUT2D eigenvalue weighted by atomic mass is 32.2. The molecule has 6 amide bonds. The first-order chi connectivity index (χ1) is 39.2. The third kappa shape index (κ3) is 16.1. The molecule has 6 heterocycles. The van der Waals surface area contributed by atoms with Gasteiger partial charge < -0.3 is 88.1 Å². The molecule has 0 spiro atoms. The van der Waals surface area contributed by atoms with Crippen molar-refractivity contribution in [1.29, 1.82) is 0 Å². The number of ether oxygens (including phenoxy) is 9. The molecule has 0 saturated carbocycles. The highest BCUT2D eigenvalue weighted by molar-refractivity contribution is 8.01. The number of nitrogens with zero attached hydrogens (tertiary/aromatic N) is 4. The molecule has 35 heteroatoms. The third-order valence-electron chi connectivity index (χ3n) is 13.4. The predicted molar refractivity (Wildman–Crippen MR) is 261 cm³/mol. The van der Waals surface area contributed by atoms with Crippen LogP contribution in [0.5, 0.6) is 5.75 Å². The van der Waals surface area contributed by atoms with Crippen molar-refractivity contribution in [3.8, 4) is 5.75 Å². The van der Waals surface area contributed by atoms with Crippen molar-refractivity contribution >= 4 is 75.8 Å². The van der Waals surface area contributed by atoms with Crippen LogP contribution in [-0.4, -0.2) is 270 Å². The Hall–Kier alpha value is -6.28. The fraction of sp³-hybridized carbons (Fsp3) is 0.646. The van der Waals surface area contributed by atoms with Crippen molar-refractivity contribution in [1.82, 2.24) is 29.9 Å². The number of hydrogen-bond donors (Lipinski definition) is 6. The zero-order chi connectivity index (χ0) is 60.5. The molecule has 2 aromatic rings. The first-order valence-corrected chi connectivity index (χ1v) is 26.5. The molecule has 5 fully saturated rings. The minimum Gasteiger partial charge on any atom is -0.492 e. The van der Waals surface area contributed by atoms with E-state index in [0.717, 1.165) is 16.7 Å².